The van der Waals surface area contributed by atoms with Crippen molar-refractivity contribution in [3.8, 4) is 5.69 Å². The molecule has 146 valence electrons. The zero-order chi connectivity index (χ0) is 20.0. The Balaban J connectivity index is 1.56. The first-order valence-corrected chi connectivity index (χ1v) is 10.5. The second-order valence-corrected chi connectivity index (χ2v) is 8.49. The van der Waals surface area contributed by atoms with Gasteiger partial charge in [0.1, 0.15) is 0 Å². The van der Waals surface area contributed by atoms with Crippen molar-refractivity contribution in [1.82, 2.24) is 19.3 Å². The van der Waals surface area contributed by atoms with Crippen molar-refractivity contribution < 1.29 is 4.79 Å². The van der Waals surface area contributed by atoms with Gasteiger partial charge in [0.2, 0.25) is 5.95 Å². The maximum Gasteiger partial charge on any atom is 0.222 e. The largest absolute Gasteiger partial charge is 0.368 e. The Labute approximate surface area is 169 Å². The van der Waals surface area contributed by atoms with Crippen LogP contribution in [-0.2, 0) is 0 Å². The third kappa shape index (κ3) is 3.35. The van der Waals surface area contributed by atoms with Crippen molar-refractivity contribution >= 4 is 23.5 Å². The minimum absolute atomic E-state index is 0.0945. The summed E-state index contributed by atoms with van der Waals surface area (Å²) >= 11 is 1.41. The summed E-state index contributed by atoms with van der Waals surface area (Å²) in [5.41, 5.74) is 12.3. The predicted octanol–water partition coefficient (Wildman–Crippen LogP) is 4.19. The van der Waals surface area contributed by atoms with Crippen molar-refractivity contribution in [2.45, 2.75) is 51.7 Å². The number of rotatable bonds is 6. The van der Waals surface area contributed by atoms with Crippen molar-refractivity contribution in [3.63, 3.8) is 0 Å². The first-order valence-electron chi connectivity index (χ1n) is 9.49. The molecule has 2 N–H and O–H groups in total. The van der Waals surface area contributed by atoms with Gasteiger partial charge in [-0.15, -0.1) is 10.2 Å². The van der Waals surface area contributed by atoms with E-state index in [9.17, 15) is 4.79 Å². The van der Waals surface area contributed by atoms with E-state index >= 15 is 0 Å². The first kappa shape index (κ1) is 18.8. The van der Waals surface area contributed by atoms with Crippen LogP contribution in [0.4, 0.5) is 5.95 Å². The van der Waals surface area contributed by atoms with Crippen LogP contribution in [-0.4, -0.2) is 30.9 Å². The normalized spacial score (nSPS) is 13.9. The number of aryl methyl sites for hydroxylation is 3. The summed E-state index contributed by atoms with van der Waals surface area (Å²) in [7, 11) is 0. The number of hydrogen-bond donors (Lipinski definition) is 1. The summed E-state index contributed by atoms with van der Waals surface area (Å²) in [6.45, 7) is 8.26. The maximum atomic E-state index is 12.9. The van der Waals surface area contributed by atoms with Crippen LogP contribution in [0.1, 0.15) is 51.8 Å². The highest BCUT2D eigenvalue weighted by Gasteiger charge is 2.29. The number of thioether (sulfide) groups is 1. The van der Waals surface area contributed by atoms with Crippen LogP contribution >= 0.6 is 11.8 Å². The Hall–Kier alpha value is -2.54. The summed E-state index contributed by atoms with van der Waals surface area (Å²) in [5, 5.41) is 8.85. The van der Waals surface area contributed by atoms with Crippen molar-refractivity contribution in [1.29, 1.82) is 0 Å². The smallest absolute Gasteiger partial charge is 0.222 e. The number of ketones is 1. The lowest BCUT2D eigenvalue weighted by Crippen LogP contribution is -2.07. The molecule has 0 bridgehead atoms. The summed E-state index contributed by atoms with van der Waals surface area (Å²) in [6.07, 6.45) is 2.20. The minimum Gasteiger partial charge on any atom is -0.368 e. The number of benzene rings is 1. The van der Waals surface area contributed by atoms with Crippen LogP contribution < -0.4 is 5.73 Å². The molecule has 0 saturated heterocycles. The topological polar surface area (TPSA) is 78.7 Å². The number of carbonyl (C=O) groups excluding carboxylic acids is 1. The Bertz CT molecular complexity index is 1060. The molecule has 1 aromatic carbocycles. The number of nitrogens with zero attached hydrogens (tertiary/aromatic N) is 4. The molecule has 28 heavy (non-hydrogen) atoms. The van der Waals surface area contributed by atoms with Crippen molar-refractivity contribution in [2.75, 3.05) is 11.5 Å². The molecule has 1 fully saturated rings. The van der Waals surface area contributed by atoms with E-state index in [4.69, 9.17) is 5.73 Å². The highest BCUT2D eigenvalue weighted by atomic mass is 32.2. The molecule has 4 rings (SSSR count). The Morgan fingerprint density at radius 1 is 1.14 bits per heavy atom. The lowest BCUT2D eigenvalue weighted by atomic mass is 10.1. The van der Waals surface area contributed by atoms with Gasteiger partial charge >= 0.3 is 0 Å². The average Bonchev–Trinajstić information content (AvgIpc) is 3.36. The molecule has 6 nitrogen and oxygen atoms in total. The third-order valence-corrected chi connectivity index (χ3v) is 6.36. The number of aromatic nitrogens is 4. The molecule has 1 saturated carbocycles. The Kier molecular flexibility index (Phi) is 4.79. The number of Topliss-reactive ketones (excluding diaryl/α,β-unsaturated/α-hetero) is 1. The van der Waals surface area contributed by atoms with Gasteiger partial charge in [-0.05, 0) is 69.9 Å². The van der Waals surface area contributed by atoms with Crippen LogP contribution in [0.15, 0.2) is 29.4 Å². The Morgan fingerprint density at radius 3 is 2.57 bits per heavy atom. The molecule has 1 aliphatic rings. The van der Waals surface area contributed by atoms with E-state index in [1.54, 1.807) is 0 Å². The summed E-state index contributed by atoms with van der Waals surface area (Å²) < 4.78 is 4.10. The summed E-state index contributed by atoms with van der Waals surface area (Å²) in [5.74, 6) is 0.852. The quantitative estimate of drug-likeness (QED) is 0.500. The molecule has 0 radical (unpaired) electrons. The average molecular weight is 396 g/mol. The monoisotopic (exact) mass is 395 g/mol. The Morgan fingerprint density at radius 2 is 1.89 bits per heavy atom. The fourth-order valence-corrected chi connectivity index (χ4v) is 4.47. The van der Waals surface area contributed by atoms with Crippen molar-refractivity contribution in [2.24, 2.45) is 0 Å². The number of hydrogen-bond acceptors (Lipinski definition) is 5. The van der Waals surface area contributed by atoms with E-state index in [-0.39, 0.29) is 5.78 Å². The van der Waals surface area contributed by atoms with Gasteiger partial charge in [-0.2, -0.15) is 0 Å². The van der Waals surface area contributed by atoms with Gasteiger partial charge in [0.25, 0.3) is 0 Å². The number of carbonyl (C=O) groups is 1. The van der Waals surface area contributed by atoms with E-state index in [0.29, 0.717) is 17.7 Å². The molecule has 0 amide bonds. The summed E-state index contributed by atoms with van der Waals surface area (Å²) in [6, 6.07) is 8.76. The van der Waals surface area contributed by atoms with E-state index in [1.165, 1.54) is 22.9 Å². The minimum atomic E-state index is 0.0945. The number of nitrogen functional groups attached to an aromatic ring is 1. The van der Waals surface area contributed by atoms with Crippen LogP contribution in [0, 0.1) is 27.7 Å². The molecule has 0 aliphatic heterocycles. The first-order chi connectivity index (χ1) is 13.4. The SMILES string of the molecule is Cc1ccc(-n2c(C)cc(C(=O)CSc3nnc(N)n3C3CC3)c2C)cc1C. The molecular formula is C21H25N5OS. The second kappa shape index (κ2) is 7.13. The molecule has 7 heteroatoms. The van der Waals surface area contributed by atoms with E-state index < -0.39 is 0 Å². The lowest BCUT2D eigenvalue weighted by Gasteiger charge is -2.12. The molecule has 1 aliphatic carbocycles. The number of anilines is 1. The van der Waals surface area contributed by atoms with Crippen LogP contribution in [0.2, 0.25) is 0 Å². The molecule has 2 heterocycles. The van der Waals surface area contributed by atoms with Gasteiger partial charge in [0.05, 0.1) is 5.75 Å². The van der Waals surface area contributed by atoms with Crippen LogP contribution in [0.3, 0.4) is 0 Å². The highest BCUT2D eigenvalue weighted by molar-refractivity contribution is 7.99. The fourth-order valence-electron chi connectivity index (χ4n) is 3.58. The summed E-state index contributed by atoms with van der Waals surface area (Å²) in [4.78, 5) is 12.9. The van der Waals surface area contributed by atoms with Crippen molar-refractivity contribution in [3.05, 3.63) is 52.3 Å². The lowest BCUT2D eigenvalue weighted by molar-refractivity contribution is 0.102. The second-order valence-electron chi connectivity index (χ2n) is 7.54. The van der Waals surface area contributed by atoms with Gasteiger partial charge in [0.15, 0.2) is 10.9 Å². The third-order valence-electron chi connectivity index (χ3n) is 5.42. The molecule has 0 unspecified atom stereocenters. The van der Waals surface area contributed by atoms with Gasteiger partial charge in [-0.3, -0.25) is 9.36 Å². The van der Waals surface area contributed by atoms with Crippen LogP contribution in [0.25, 0.3) is 5.69 Å². The molecular weight excluding hydrogens is 370 g/mol. The van der Waals surface area contributed by atoms with Gasteiger partial charge in [-0.25, -0.2) is 0 Å². The zero-order valence-electron chi connectivity index (χ0n) is 16.7. The van der Waals surface area contributed by atoms with E-state index in [0.717, 1.165) is 40.6 Å². The van der Waals surface area contributed by atoms with Crippen LogP contribution in [0.5, 0.6) is 0 Å². The standard InChI is InChI=1S/C21H25N5OS/c1-12-5-6-17(9-13(12)2)25-14(3)10-18(15(25)4)19(27)11-28-21-24-23-20(22)26(21)16-7-8-16/h5-6,9-10,16H,7-8,11H2,1-4H3,(H2,22,23). The highest BCUT2D eigenvalue weighted by Crippen LogP contribution is 2.39. The molecule has 3 aromatic rings. The molecule has 2 aromatic heterocycles. The van der Waals surface area contributed by atoms with E-state index in [2.05, 4.69) is 46.8 Å². The van der Waals surface area contributed by atoms with Gasteiger partial charge in [0, 0.05) is 28.7 Å². The van der Waals surface area contributed by atoms with Gasteiger partial charge < -0.3 is 10.3 Å². The predicted molar refractivity (Wildman–Crippen MR) is 112 cm³/mol. The molecule has 0 atom stereocenters. The molecule has 0 spiro atoms. The fraction of sp³-hybridized carbons (Fsp3) is 0.381. The maximum absolute atomic E-state index is 12.9. The van der Waals surface area contributed by atoms with Gasteiger partial charge in [-0.1, -0.05) is 17.8 Å². The zero-order valence-corrected chi connectivity index (χ0v) is 17.5. The van der Waals surface area contributed by atoms with E-state index in [1.807, 2.05) is 24.5 Å². The number of nitrogens with two attached hydrogens (primary N) is 1.